The van der Waals surface area contributed by atoms with Crippen molar-refractivity contribution in [1.82, 2.24) is 9.97 Å². The minimum absolute atomic E-state index is 0.189. The molecule has 69 heavy (non-hydrogen) atoms. The molecule has 2 aromatic carbocycles. The number of benzene rings is 2. The number of aromatic nitrogens is 2. The molecule has 0 saturated heterocycles. The molecule has 0 amide bonds. The first-order chi connectivity index (χ1) is 33.8. The zero-order valence-electron chi connectivity index (χ0n) is 43.1. The van der Waals surface area contributed by atoms with Gasteiger partial charge in [0, 0.05) is 23.0 Å². The summed E-state index contributed by atoms with van der Waals surface area (Å²) < 4.78 is 19.9. The Morgan fingerprint density at radius 1 is 0.435 bits per heavy atom. The Bertz CT molecular complexity index is 1960. The quantitative estimate of drug-likeness (QED) is 0.0150. The predicted molar refractivity (Wildman–Crippen MR) is 286 cm³/mol. The molecule has 0 aliphatic carbocycles. The van der Waals surface area contributed by atoms with Crippen LogP contribution in [-0.4, -0.2) is 51.8 Å². The lowest BCUT2D eigenvalue weighted by Gasteiger charge is -2.19. The molecule has 0 unspecified atom stereocenters. The van der Waals surface area contributed by atoms with E-state index in [4.69, 9.17) is 14.2 Å². The molecule has 382 valence electrons. The van der Waals surface area contributed by atoms with Crippen molar-refractivity contribution < 1.29 is 34.0 Å². The number of nitrogens with one attached hydrogen (secondary N) is 2. The number of allylic oxidation sites excluding steroid dienone is 1. The molecule has 9 heteroatoms. The molecule has 4 N–H and O–H groups in total. The standard InChI is InChI=1S/C60H90N2O7/c1-4-7-10-13-16-19-22-25-28-31-42-67-57-45-50(52-39-41-54(62-52)56(64)47-55(63)53-40-38-51(61-53)48-34-36-49(37-35-48)60(65)66)46-58(68-43-32-29-26-23-20-17-14-11-8-5-2)59(57)69-44-33-30-27-24-21-18-15-12-9-6-3/h34-41,45-47,61-63H,4-33,42-44H2,1-3H3,(H,65,66)/b55-47+. The molecule has 4 aromatic rings. The lowest BCUT2D eigenvalue weighted by molar-refractivity contribution is 0.0696. The number of H-pyrrole nitrogens is 2. The zero-order valence-corrected chi connectivity index (χ0v) is 43.1. The molecule has 0 saturated carbocycles. The third-order valence-corrected chi connectivity index (χ3v) is 13.2. The molecule has 9 nitrogen and oxygen atoms in total. The fourth-order valence-corrected chi connectivity index (χ4v) is 8.89. The van der Waals surface area contributed by atoms with Crippen LogP contribution in [0.3, 0.4) is 0 Å². The number of aliphatic hydroxyl groups excluding tert-OH is 1. The average Bonchev–Trinajstić information content (AvgIpc) is 4.07. The molecule has 0 aliphatic rings. The number of rotatable bonds is 42. The lowest BCUT2D eigenvalue weighted by atomic mass is 10.1. The number of hydrogen-bond acceptors (Lipinski definition) is 6. The van der Waals surface area contributed by atoms with Crippen molar-refractivity contribution >= 4 is 17.5 Å². The Balaban J connectivity index is 1.47. The van der Waals surface area contributed by atoms with Gasteiger partial charge < -0.3 is 34.4 Å². The van der Waals surface area contributed by atoms with E-state index in [9.17, 15) is 19.8 Å². The van der Waals surface area contributed by atoms with E-state index in [1.165, 1.54) is 172 Å². The van der Waals surface area contributed by atoms with E-state index in [1.807, 2.05) is 18.2 Å². The van der Waals surface area contributed by atoms with E-state index < -0.39 is 5.97 Å². The van der Waals surface area contributed by atoms with Crippen LogP contribution in [0.15, 0.2) is 66.7 Å². The second kappa shape index (κ2) is 35.2. The van der Waals surface area contributed by atoms with Crippen molar-refractivity contribution in [2.45, 2.75) is 213 Å². The molecular formula is C60H90N2O7. The van der Waals surface area contributed by atoms with Crippen LogP contribution in [0.2, 0.25) is 0 Å². The molecule has 0 atom stereocenters. The number of carbonyl (C=O) groups excluding carboxylic acids is 1. The Morgan fingerprint density at radius 3 is 1.22 bits per heavy atom. The molecule has 2 aromatic heterocycles. The van der Waals surface area contributed by atoms with Crippen LogP contribution in [0.1, 0.15) is 240 Å². The highest BCUT2D eigenvalue weighted by molar-refractivity contribution is 6.07. The number of ketones is 1. The van der Waals surface area contributed by atoms with Gasteiger partial charge in [-0.05, 0) is 73.4 Å². The van der Waals surface area contributed by atoms with Crippen molar-refractivity contribution in [3.8, 4) is 39.8 Å². The molecular weight excluding hydrogens is 861 g/mol. The maximum absolute atomic E-state index is 13.6. The molecule has 4 rings (SSSR count). The number of aromatic amines is 2. The van der Waals surface area contributed by atoms with Crippen LogP contribution >= 0.6 is 0 Å². The van der Waals surface area contributed by atoms with E-state index in [0.717, 1.165) is 55.3 Å². The minimum Gasteiger partial charge on any atom is -0.506 e. The number of aromatic carboxylic acids is 1. The lowest BCUT2D eigenvalue weighted by Crippen LogP contribution is -2.07. The molecule has 0 spiro atoms. The molecule has 2 heterocycles. The smallest absolute Gasteiger partial charge is 0.335 e. The third kappa shape index (κ3) is 22.6. The summed E-state index contributed by atoms with van der Waals surface area (Å²) in [5.41, 5.74) is 3.88. The summed E-state index contributed by atoms with van der Waals surface area (Å²) in [5.74, 6) is 0.392. The van der Waals surface area contributed by atoms with Gasteiger partial charge in [0.05, 0.1) is 36.8 Å². The highest BCUT2D eigenvalue weighted by Gasteiger charge is 2.19. The van der Waals surface area contributed by atoms with Gasteiger partial charge in [0.2, 0.25) is 11.5 Å². The van der Waals surface area contributed by atoms with E-state index in [1.54, 1.807) is 30.3 Å². The summed E-state index contributed by atoms with van der Waals surface area (Å²) in [4.78, 5) is 31.3. The number of aliphatic hydroxyl groups is 1. The van der Waals surface area contributed by atoms with Gasteiger partial charge in [0.1, 0.15) is 5.76 Å². The molecule has 0 radical (unpaired) electrons. The Morgan fingerprint density at radius 2 is 0.797 bits per heavy atom. The Kier molecular flexibility index (Phi) is 28.9. The molecule has 0 aliphatic heterocycles. The number of carboxylic acids is 1. The normalized spacial score (nSPS) is 11.6. The molecule has 0 bridgehead atoms. The summed E-state index contributed by atoms with van der Waals surface area (Å²) in [6.07, 6.45) is 38.8. The third-order valence-electron chi connectivity index (χ3n) is 13.2. The highest BCUT2D eigenvalue weighted by Crippen LogP contribution is 2.42. The van der Waals surface area contributed by atoms with Gasteiger partial charge in [-0.15, -0.1) is 0 Å². The van der Waals surface area contributed by atoms with Gasteiger partial charge in [-0.3, -0.25) is 4.79 Å². The number of hydrogen-bond donors (Lipinski definition) is 4. The SMILES string of the molecule is CCCCCCCCCCCCOc1cc(-c2ccc(C(=O)/C=C(/O)c3ccc(-c4ccc(C(=O)O)cc4)[nH]3)[nH]2)cc(OCCCCCCCCCCCC)c1OCCCCCCCCCCCC. The maximum Gasteiger partial charge on any atom is 0.335 e. The fraction of sp³-hybridized carbons (Fsp3) is 0.600. The van der Waals surface area contributed by atoms with Gasteiger partial charge in [-0.1, -0.05) is 206 Å². The fourth-order valence-electron chi connectivity index (χ4n) is 8.89. The van der Waals surface area contributed by atoms with Crippen LogP contribution in [0, 0.1) is 0 Å². The van der Waals surface area contributed by atoms with Crippen molar-refractivity contribution in [1.29, 1.82) is 0 Å². The largest absolute Gasteiger partial charge is 0.506 e. The van der Waals surface area contributed by atoms with E-state index in [2.05, 4.69) is 30.7 Å². The highest BCUT2D eigenvalue weighted by atomic mass is 16.5. The van der Waals surface area contributed by atoms with Crippen molar-refractivity contribution in [3.05, 3.63) is 83.7 Å². The average molecular weight is 951 g/mol. The zero-order chi connectivity index (χ0) is 49.2. The van der Waals surface area contributed by atoms with Crippen LogP contribution in [-0.2, 0) is 0 Å². The van der Waals surface area contributed by atoms with Gasteiger partial charge in [0.25, 0.3) is 0 Å². The number of carboxylic acid groups (broad SMARTS) is 1. The summed E-state index contributed by atoms with van der Waals surface area (Å²) in [5, 5.41) is 20.3. The summed E-state index contributed by atoms with van der Waals surface area (Å²) >= 11 is 0. The first-order valence-electron chi connectivity index (χ1n) is 27.6. The van der Waals surface area contributed by atoms with E-state index in [-0.39, 0.29) is 17.1 Å². The summed E-state index contributed by atoms with van der Waals surface area (Å²) in [7, 11) is 0. The van der Waals surface area contributed by atoms with Crippen molar-refractivity contribution in [2.24, 2.45) is 0 Å². The first-order valence-corrected chi connectivity index (χ1v) is 27.6. The summed E-state index contributed by atoms with van der Waals surface area (Å²) in [6, 6.07) is 17.6. The second-order valence-corrected chi connectivity index (χ2v) is 19.2. The number of unbranched alkanes of at least 4 members (excludes halogenated alkanes) is 27. The van der Waals surface area contributed by atoms with Crippen LogP contribution in [0.25, 0.3) is 28.3 Å². The van der Waals surface area contributed by atoms with Gasteiger partial charge in [-0.2, -0.15) is 0 Å². The second-order valence-electron chi connectivity index (χ2n) is 19.2. The first kappa shape index (κ1) is 56.7. The Hall–Kier alpha value is -4.92. The maximum atomic E-state index is 13.6. The van der Waals surface area contributed by atoms with Crippen molar-refractivity contribution in [3.63, 3.8) is 0 Å². The van der Waals surface area contributed by atoms with Crippen LogP contribution < -0.4 is 14.2 Å². The van der Waals surface area contributed by atoms with Gasteiger partial charge >= 0.3 is 5.97 Å². The van der Waals surface area contributed by atoms with Crippen molar-refractivity contribution in [2.75, 3.05) is 19.8 Å². The van der Waals surface area contributed by atoms with E-state index in [0.29, 0.717) is 54.2 Å². The van der Waals surface area contributed by atoms with Gasteiger partial charge in [-0.25, -0.2) is 4.79 Å². The molecule has 0 fully saturated rings. The predicted octanol–water partition coefficient (Wildman–Crippen LogP) is 18.1. The Labute approximate surface area is 416 Å². The number of ether oxygens (including phenoxy) is 3. The van der Waals surface area contributed by atoms with Gasteiger partial charge in [0.15, 0.2) is 11.5 Å². The number of carbonyl (C=O) groups is 2. The van der Waals surface area contributed by atoms with E-state index >= 15 is 0 Å². The minimum atomic E-state index is -0.997. The van der Waals surface area contributed by atoms with Crippen LogP contribution in [0.4, 0.5) is 0 Å². The monoisotopic (exact) mass is 951 g/mol. The summed E-state index contributed by atoms with van der Waals surface area (Å²) in [6.45, 7) is 8.56. The topological polar surface area (TPSA) is 134 Å². The van der Waals surface area contributed by atoms with Crippen LogP contribution in [0.5, 0.6) is 17.2 Å².